The van der Waals surface area contributed by atoms with Crippen molar-refractivity contribution in [3.63, 3.8) is 0 Å². The third-order valence-electron chi connectivity index (χ3n) is 2.81. The maximum atomic E-state index is 5.94. The molecule has 3 rings (SSSR count). The molecule has 3 aromatic rings. The lowest BCUT2D eigenvalue weighted by molar-refractivity contribution is 0.817. The summed E-state index contributed by atoms with van der Waals surface area (Å²) in [5.74, 6) is 0.897. The van der Waals surface area contributed by atoms with Gasteiger partial charge in [0.2, 0.25) is 4.96 Å². The highest BCUT2D eigenvalue weighted by atomic mass is 32.1. The van der Waals surface area contributed by atoms with Gasteiger partial charge in [-0.3, -0.25) is 0 Å². The number of benzene rings is 1. The SMILES string of the molecule is CCc1nnc2sc(Cc3ccccc3N)nn12. The molecule has 0 aliphatic carbocycles. The lowest BCUT2D eigenvalue weighted by Crippen LogP contribution is -1.97. The fraction of sp³-hybridized carbons (Fsp3) is 0.250. The molecule has 0 unspecified atom stereocenters. The van der Waals surface area contributed by atoms with E-state index in [0.717, 1.165) is 39.9 Å². The predicted octanol–water partition coefficient (Wildman–Crippen LogP) is 1.92. The molecule has 0 aliphatic heterocycles. The Bertz CT molecular complexity index is 685. The maximum Gasteiger partial charge on any atom is 0.234 e. The summed E-state index contributed by atoms with van der Waals surface area (Å²) in [7, 11) is 0. The van der Waals surface area contributed by atoms with E-state index in [0.29, 0.717) is 0 Å². The van der Waals surface area contributed by atoms with E-state index in [-0.39, 0.29) is 0 Å². The Balaban J connectivity index is 1.96. The number of nitrogens with two attached hydrogens (primary N) is 1. The molecular weight excluding hydrogens is 246 g/mol. The van der Waals surface area contributed by atoms with Gasteiger partial charge in [0.05, 0.1) is 0 Å². The Kier molecular flexibility index (Phi) is 2.71. The van der Waals surface area contributed by atoms with Gasteiger partial charge in [0.15, 0.2) is 5.82 Å². The molecule has 0 amide bonds. The number of aromatic nitrogens is 4. The van der Waals surface area contributed by atoms with E-state index in [2.05, 4.69) is 15.3 Å². The second-order valence-corrected chi connectivity index (χ2v) is 5.08. The first-order valence-corrected chi connectivity index (χ1v) is 6.63. The third-order valence-corrected chi connectivity index (χ3v) is 3.71. The molecule has 2 aromatic heterocycles. The molecule has 18 heavy (non-hydrogen) atoms. The molecule has 0 saturated carbocycles. The molecule has 0 atom stereocenters. The van der Waals surface area contributed by atoms with E-state index < -0.39 is 0 Å². The van der Waals surface area contributed by atoms with Crippen LogP contribution in [0.1, 0.15) is 23.3 Å². The molecule has 5 nitrogen and oxygen atoms in total. The minimum absolute atomic E-state index is 0.740. The number of hydrogen-bond donors (Lipinski definition) is 1. The highest BCUT2D eigenvalue weighted by molar-refractivity contribution is 7.16. The van der Waals surface area contributed by atoms with Gasteiger partial charge in [-0.1, -0.05) is 36.5 Å². The standard InChI is InChI=1S/C12H13N5S/c1-2-10-14-15-12-17(10)16-11(18-12)7-8-5-3-4-6-9(8)13/h3-6H,2,7,13H2,1H3. The quantitative estimate of drug-likeness (QED) is 0.730. The molecule has 2 N–H and O–H groups in total. The predicted molar refractivity (Wildman–Crippen MR) is 71.7 cm³/mol. The van der Waals surface area contributed by atoms with Crippen molar-refractivity contribution in [3.8, 4) is 0 Å². The van der Waals surface area contributed by atoms with Crippen LogP contribution in [0.5, 0.6) is 0 Å². The molecule has 0 aliphatic rings. The van der Waals surface area contributed by atoms with Crippen molar-refractivity contribution in [2.24, 2.45) is 0 Å². The summed E-state index contributed by atoms with van der Waals surface area (Å²) in [5, 5.41) is 13.7. The Morgan fingerprint density at radius 3 is 2.89 bits per heavy atom. The second-order valence-electron chi connectivity index (χ2n) is 4.04. The van der Waals surface area contributed by atoms with Gasteiger partial charge in [-0.2, -0.15) is 9.61 Å². The summed E-state index contributed by atoms with van der Waals surface area (Å²) in [6, 6.07) is 7.86. The zero-order valence-electron chi connectivity index (χ0n) is 10.00. The van der Waals surface area contributed by atoms with Crippen molar-refractivity contribution < 1.29 is 0 Å². The molecule has 1 aromatic carbocycles. The van der Waals surface area contributed by atoms with Crippen LogP contribution in [0.25, 0.3) is 4.96 Å². The molecule has 0 bridgehead atoms. The average molecular weight is 259 g/mol. The van der Waals surface area contributed by atoms with E-state index in [4.69, 9.17) is 5.73 Å². The van der Waals surface area contributed by atoms with Crippen LogP contribution >= 0.6 is 11.3 Å². The monoisotopic (exact) mass is 259 g/mol. The Labute approximate surface area is 108 Å². The van der Waals surface area contributed by atoms with Crippen LogP contribution in [0.2, 0.25) is 0 Å². The number of para-hydroxylation sites is 1. The average Bonchev–Trinajstić information content (AvgIpc) is 2.91. The molecule has 0 spiro atoms. The molecule has 92 valence electrons. The molecule has 0 radical (unpaired) electrons. The third kappa shape index (κ3) is 1.84. The van der Waals surface area contributed by atoms with Crippen LogP contribution in [0.15, 0.2) is 24.3 Å². The zero-order chi connectivity index (χ0) is 12.5. The summed E-state index contributed by atoms with van der Waals surface area (Å²) in [4.78, 5) is 0.844. The summed E-state index contributed by atoms with van der Waals surface area (Å²) >= 11 is 1.56. The molecule has 0 saturated heterocycles. The van der Waals surface area contributed by atoms with E-state index in [1.807, 2.05) is 35.7 Å². The van der Waals surface area contributed by atoms with Gasteiger partial charge in [0, 0.05) is 18.5 Å². The van der Waals surface area contributed by atoms with Crippen molar-refractivity contribution in [2.45, 2.75) is 19.8 Å². The van der Waals surface area contributed by atoms with E-state index in [1.54, 1.807) is 11.3 Å². The number of fused-ring (bicyclic) bond motifs is 1. The van der Waals surface area contributed by atoms with Gasteiger partial charge in [-0.25, -0.2) is 0 Å². The molecular formula is C12H13N5S. The van der Waals surface area contributed by atoms with E-state index in [1.165, 1.54) is 0 Å². The van der Waals surface area contributed by atoms with Gasteiger partial charge in [-0.15, -0.1) is 10.2 Å². The molecule has 6 heteroatoms. The van der Waals surface area contributed by atoms with Crippen LogP contribution in [-0.2, 0) is 12.8 Å². The topological polar surface area (TPSA) is 69.1 Å². The summed E-state index contributed by atoms with van der Waals surface area (Å²) in [5.41, 5.74) is 7.84. The van der Waals surface area contributed by atoms with Gasteiger partial charge >= 0.3 is 0 Å². The van der Waals surface area contributed by atoms with Gasteiger partial charge in [0.1, 0.15) is 5.01 Å². The number of nitrogen functional groups attached to an aromatic ring is 1. The maximum absolute atomic E-state index is 5.94. The van der Waals surface area contributed by atoms with Crippen molar-refractivity contribution in [1.82, 2.24) is 19.8 Å². The van der Waals surface area contributed by atoms with Crippen molar-refractivity contribution in [1.29, 1.82) is 0 Å². The molecule has 2 heterocycles. The minimum Gasteiger partial charge on any atom is -0.398 e. The Hall–Kier alpha value is -1.95. The number of anilines is 1. The fourth-order valence-corrected chi connectivity index (χ4v) is 2.72. The number of hydrogen-bond acceptors (Lipinski definition) is 5. The minimum atomic E-state index is 0.740. The fourth-order valence-electron chi connectivity index (χ4n) is 1.85. The lowest BCUT2D eigenvalue weighted by atomic mass is 10.1. The first kappa shape index (κ1) is 11.2. The first-order valence-electron chi connectivity index (χ1n) is 5.81. The van der Waals surface area contributed by atoms with Gasteiger partial charge in [-0.05, 0) is 11.6 Å². The Morgan fingerprint density at radius 1 is 1.28 bits per heavy atom. The molecule has 0 fully saturated rings. The van der Waals surface area contributed by atoms with Gasteiger partial charge < -0.3 is 5.73 Å². The van der Waals surface area contributed by atoms with Crippen LogP contribution < -0.4 is 5.73 Å². The van der Waals surface area contributed by atoms with Crippen LogP contribution in [0.3, 0.4) is 0 Å². The summed E-state index contributed by atoms with van der Waals surface area (Å²) in [6.07, 6.45) is 1.57. The smallest absolute Gasteiger partial charge is 0.234 e. The van der Waals surface area contributed by atoms with Crippen LogP contribution in [0.4, 0.5) is 5.69 Å². The summed E-state index contributed by atoms with van der Waals surface area (Å²) < 4.78 is 1.82. The number of rotatable bonds is 3. The number of nitrogens with zero attached hydrogens (tertiary/aromatic N) is 4. The van der Waals surface area contributed by atoms with Crippen molar-refractivity contribution >= 4 is 22.0 Å². The number of aryl methyl sites for hydroxylation is 1. The Morgan fingerprint density at radius 2 is 2.11 bits per heavy atom. The second kappa shape index (κ2) is 4.38. The van der Waals surface area contributed by atoms with Crippen molar-refractivity contribution in [2.75, 3.05) is 5.73 Å². The highest BCUT2D eigenvalue weighted by Crippen LogP contribution is 2.20. The highest BCUT2D eigenvalue weighted by Gasteiger charge is 2.11. The summed E-state index contributed by atoms with van der Waals surface area (Å²) in [6.45, 7) is 2.05. The van der Waals surface area contributed by atoms with Crippen LogP contribution in [0, 0.1) is 0 Å². The van der Waals surface area contributed by atoms with E-state index in [9.17, 15) is 0 Å². The van der Waals surface area contributed by atoms with E-state index >= 15 is 0 Å². The van der Waals surface area contributed by atoms with Gasteiger partial charge in [0.25, 0.3) is 0 Å². The zero-order valence-corrected chi connectivity index (χ0v) is 10.8. The van der Waals surface area contributed by atoms with Crippen LogP contribution in [-0.4, -0.2) is 19.8 Å². The van der Waals surface area contributed by atoms with Crippen molar-refractivity contribution in [3.05, 3.63) is 40.7 Å². The normalized spacial score (nSPS) is 11.2. The lowest BCUT2D eigenvalue weighted by Gasteiger charge is -2.01. The first-order chi connectivity index (χ1) is 8.78. The largest absolute Gasteiger partial charge is 0.398 e.